The summed E-state index contributed by atoms with van der Waals surface area (Å²) in [4.78, 5) is 98.0. The van der Waals surface area contributed by atoms with Crippen LogP contribution >= 0.6 is 0 Å². The normalized spacial score (nSPS) is 25.4. The molecule has 5 rings (SSSR count). The first kappa shape index (κ1) is 47.3. The molecule has 12 N–H and O–H groups in total. The third-order valence-electron chi connectivity index (χ3n) is 9.81. The van der Waals surface area contributed by atoms with Crippen molar-refractivity contribution in [2.75, 3.05) is 26.3 Å². The highest BCUT2D eigenvalue weighted by Crippen LogP contribution is 2.29. The van der Waals surface area contributed by atoms with Crippen molar-refractivity contribution in [1.82, 2.24) is 31.9 Å². The van der Waals surface area contributed by atoms with Gasteiger partial charge in [-0.05, 0) is 36.1 Å². The van der Waals surface area contributed by atoms with E-state index in [-0.39, 0.29) is 37.8 Å². The summed E-state index contributed by atoms with van der Waals surface area (Å²) in [7, 11) is 0. The molecule has 0 radical (unpaired) electrons. The minimum absolute atomic E-state index is 0.0691. The average Bonchev–Trinajstić information content (AvgIpc) is 3.87. The first-order chi connectivity index (χ1) is 30.5. The Hall–Kier alpha value is -7.80. The van der Waals surface area contributed by atoms with Crippen LogP contribution in [0.2, 0.25) is 0 Å². The predicted octanol–water partition coefficient (Wildman–Crippen LogP) is -2.29. The Kier molecular flexibility index (Phi) is 16.1. The van der Waals surface area contributed by atoms with Gasteiger partial charge in [-0.15, -0.1) is 0 Å². The van der Waals surface area contributed by atoms with Crippen LogP contribution in [0.25, 0.3) is 0 Å². The minimum Gasteiger partial charge on any atom is -0.481 e. The lowest BCUT2D eigenvalue weighted by atomic mass is 9.92. The van der Waals surface area contributed by atoms with Gasteiger partial charge in [-0.25, -0.2) is 19.2 Å². The predicted molar refractivity (Wildman–Crippen MR) is 214 cm³/mol. The van der Waals surface area contributed by atoms with E-state index in [0.717, 1.165) is 11.1 Å². The van der Waals surface area contributed by atoms with Crippen molar-refractivity contribution >= 4 is 60.8 Å². The summed E-state index contributed by atoms with van der Waals surface area (Å²) in [5, 5.41) is 31.1. The summed E-state index contributed by atoms with van der Waals surface area (Å²) in [6, 6.07) is 3.07. The first-order valence-electron chi connectivity index (χ1n) is 19.6. The maximum atomic E-state index is 13.1. The number of carbonyl (C=O) groups is 8. The zero-order valence-corrected chi connectivity index (χ0v) is 34.3. The number of carbonyl (C=O) groups excluding carboxylic acids is 8. The highest BCUT2D eigenvalue weighted by Gasteiger charge is 2.51. The van der Waals surface area contributed by atoms with Crippen molar-refractivity contribution in [1.29, 1.82) is 10.8 Å². The fourth-order valence-corrected chi connectivity index (χ4v) is 7.16. The number of ether oxygens (including phenoxy) is 8. The van der Waals surface area contributed by atoms with Crippen molar-refractivity contribution < 1.29 is 76.3 Å². The van der Waals surface area contributed by atoms with E-state index < -0.39 is 109 Å². The number of benzene rings is 1. The number of hydrogen-bond acceptors (Lipinski definition) is 18. The summed E-state index contributed by atoms with van der Waals surface area (Å²) >= 11 is 0. The van der Waals surface area contributed by atoms with Gasteiger partial charge < -0.3 is 81.3 Å². The molecule has 2 fully saturated rings. The molecule has 0 spiro atoms. The Morgan fingerprint density at radius 2 is 1.05 bits per heavy atom. The summed E-state index contributed by atoms with van der Waals surface area (Å²) in [6.07, 6.45) is -7.94. The Bertz CT molecular complexity index is 1890. The summed E-state index contributed by atoms with van der Waals surface area (Å²) in [5.74, 6) is -2.50. The average molecular weight is 901 g/mol. The van der Waals surface area contributed by atoms with Gasteiger partial charge in [-0.3, -0.25) is 30.0 Å². The van der Waals surface area contributed by atoms with Crippen molar-refractivity contribution in [2.45, 2.75) is 87.5 Å². The zero-order chi connectivity index (χ0) is 46.5. The van der Waals surface area contributed by atoms with Crippen molar-refractivity contribution in [3.05, 3.63) is 59.1 Å². The van der Waals surface area contributed by atoms with Crippen molar-refractivity contribution in [2.24, 2.45) is 11.5 Å². The number of allylic oxidation sites excluding steroid dienone is 2. The molecule has 0 aliphatic carbocycles. The zero-order valence-electron chi connectivity index (χ0n) is 34.3. The molecule has 4 heterocycles. The maximum Gasteiger partial charge on any atom is 0.508 e. The van der Waals surface area contributed by atoms with Crippen LogP contribution < -0.4 is 43.4 Å². The summed E-state index contributed by atoms with van der Waals surface area (Å²) in [5.41, 5.74) is 12.7. The van der Waals surface area contributed by atoms with E-state index >= 15 is 0 Å². The molecule has 26 heteroatoms. The molecule has 4 aliphatic rings. The fourth-order valence-electron chi connectivity index (χ4n) is 7.16. The number of guanidine groups is 2. The molecule has 64 heavy (non-hydrogen) atoms. The lowest BCUT2D eigenvalue weighted by Gasteiger charge is -2.40. The van der Waals surface area contributed by atoms with Gasteiger partial charge in [0, 0.05) is 26.9 Å². The Balaban J connectivity index is 1.16. The number of nitrogens with one attached hydrogen (secondary N) is 8. The molecule has 0 unspecified atom stereocenters. The van der Waals surface area contributed by atoms with Crippen LogP contribution in [0.5, 0.6) is 0 Å². The van der Waals surface area contributed by atoms with Crippen molar-refractivity contribution in [3.8, 4) is 0 Å². The second kappa shape index (κ2) is 21.8. The van der Waals surface area contributed by atoms with E-state index in [1.807, 2.05) is 0 Å². The van der Waals surface area contributed by atoms with Gasteiger partial charge in [0.2, 0.25) is 11.8 Å². The van der Waals surface area contributed by atoms with Gasteiger partial charge in [0.05, 0.1) is 24.2 Å². The van der Waals surface area contributed by atoms with Gasteiger partial charge in [0.15, 0.2) is 72.6 Å². The fraction of sp³-hybridized carbons (Fsp3) is 0.474. The van der Waals surface area contributed by atoms with Crippen LogP contribution in [0.15, 0.2) is 47.9 Å². The molecule has 4 aliphatic heterocycles. The molecule has 346 valence electrons. The van der Waals surface area contributed by atoms with Gasteiger partial charge in [-0.2, -0.15) is 0 Å². The van der Waals surface area contributed by atoms with E-state index in [2.05, 4.69) is 31.9 Å². The first-order valence-corrected chi connectivity index (χ1v) is 19.6. The largest absolute Gasteiger partial charge is 0.508 e. The van der Waals surface area contributed by atoms with Crippen LogP contribution in [0.4, 0.5) is 19.2 Å². The van der Waals surface area contributed by atoms with Gasteiger partial charge >= 0.3 is 24.5 Å². The molecule has 0 aromatic heterocycles. The molecule has 1 aromatic carbocycles. The van der Waals surface area contributed by atoms with E-state index in [1.165, 1.54) is 26.0 Å². The van der Waals surface area contributed by atoms with E-state index in [1.54, 1.807) is 24.3 Å². The topological polar surface area (TPSA) is 382 Å². The molecule has 10 atom stereocenters. The molecular formula is C38H48N10O16. The molecule has 4 amide bonds. The summed E-state index contributed by atoms with van der Waals surface area (Å²) < 4.78 is 43.1. The van der Waals surface area contributed by atoms with Crippen LogP contribution in [0, 0.1) is 10.8 Å². The minimum atomic E-state index is -1.43. The third-order valence-corrected chi connectivity index (χ3v) is 9.81. The Morgan fingerprint density at radius 1 is 0.672 bits per heavy atom. The number of hydrogen-bond donors (Lipinski definition) is 10. The molecule has 26 nitrogen and oxygen atoms in total. The van der Waals surface area contributed by atoms with Crippen LogP contribution in [-0.2, 0) is 69.9 Å². The maximum absolute atomic E-state index is 13.1. The number of nitrogens with two attached hydrogens (primary N) is 2. The molecule has 2 saturated heterocycles. The molecular weight excluding hydrogens is 852 g/mol. The number of amides is 4. The van der Waals surface area contributed by atoms with Crippen LogP contribution in [0.1, 0.15) is 25.0 Å². The second-order valence-corrected chi connectivity index (χ2v) is 14.5. The van der Waals surface area contributed by atoms with Gasteiger partial charge in [0.1, 0.15) is 13.2 Å². The number of alkyl carbamates (subject to hydrolysis) is 2. The van der Waals surface area contributed by atoms with E-state index in [4.69, 9.17) is 60.2 Å². The smallest absolute Gasteiger partial charge is 0.481 e. The lowest BCUT2D eigenvalue weighted by Crippen LogP contribution is -2.64. The quantitative estimate of drug-likeness (QED) is 0.0244. The Morgan fingerprint density at radius 3 is 1.34 bits per heavy atom. The monoisotopic (exact) mass is 900 g/mol. The van der Waals surface area contributed by atoms with Gasteiger partial charge in [0.25, 0.3) is 0 Å². The van der Waals surface area contributed by atoms with Crippen LogP contribution in [-0.4, -0.2) is 148 Å². The second-order valence-electron chi connectivity index (χ2n) is 14.5. The lowest BCUT2D eigenvalue weighted by molar-refractivity contribution is -0.127. The van der Waals surface area contributed by atoms with Crippen LogP contribution in [0.3, 0.4) is 0 Å². The third kappa shape index (κ3) is 13.1. The number of cyclic esters (lactones) is 4. The van der Waals surface area contributed by atoms with E-state index in [0.29, 0.717) is 25.4 Å². The SMILES string of the molecule is CC(=O)N[C@H]1[C@H]([C@H](OC(=O)NCCc2ccc(CCNC(=O)O[C@@H]([C@@H]3OC(C=O)=C[C@H](NC(=N)N)[C@H]3NC(C)=O)[C@H]3COC(=O)O3)cc2)[C@H]2COC(=O)O2)OC(C=O)=C[C@@H]1NC(=N)N. The van der Waals surface area contributed by atoms with Gasteiger partial charge in [-0.1, -0.05) is 24.3 Å². The standard InChI is InChI=1S/C38H48N10O16/c1-17(51)45-27-23(47-33(39)40)11-21(13-49)59-31(27)29(25-15-57-37(55)61-25)63-35(53)43-9-7-19-3-5-20(6-4-19)8-10-44-36(54)64-30(26-16-58-38(56)62-26)32-28(46-18(2)52)24(48-34(41)42)12-22(14-50)60-32/h3-6,11-14,23-32H,7-10,15-16H2,1-2H3,(H,43,53)(H,44,54)(H,45,51)(H,46,52)(H4,39,40,47)(H4,41,42,48)/t23-,24-,25+,26+,27+,28+,29+,30+,31+,32+/m0/s1. The number of aldehydes is 2. The highest BCUT2D eigenvalue weighted by molar-refractivity contribution is 5.79. The summed E-state index contributed by atoms with van der Waals surface area (Å²) in [6.45, 7) is 1.88. The Labute approximate surface area is 363 Å². The molecule has 1 aromatic rings. The number of rotatable bonds is 18. The molecule has 0 saturated carbocycles. The van der Waals surface area contributed by atoms with E-state index in [9.17, 15) is 38.4 Å². The van der Waals surface area contributed by atoms with Crippen molar-refractivity contribution in [3.63, 3.8) is 0 Å². The highest BCUT2D eigenvalue weighted by atomic mass is 16.8. The molecule has 0 bridgehead atoms.